The highest BCUT2D eigenvalue weighted by molar-refractivity contribution is 7.89. The number of hydrogen-bond acceptors (Lipinski definition) is 3. The van der Waals surface area contributed by atoms with Crippen molar-refractivity contribution in [3.05, 3.63) is 40.9 Å². The van der Waals surface area contributed by atoms with Gasteiger partial charge in [0, 0.05) is 12.4 Å². The van der Waals surface area contributed by atoms with Crippen LogP contribution in [0.2, 0.25) is 0 Å². The molecule has 0 saturated heterocycles. The smallest absolute Gasteiger partial charge is 0.240 e. The lowest BCUT2D eigenvalue weighted by molar-refractivity contribution is 0.588. The molecule has 0 amide bonds. The molecule has 1 heterocycles. The number of sulfonamides is 1. The van der Waals surface area contributed by atoms with Crippen LogP contribution in [0.5, 0.6) is 0 Å². The molecule has 1 N–H and O–H groups in total. The van der Waals surface area contributed by atoms with Crippen LogP contribution >= 0.6 is 0 Å². The average molecular weight is 248 g/mol. The molecule has 0 unspecified atom stereocenters. The van der Waals surface area contributed by atoms with Gasteiger partial charge >= 0.3 is 0 Å². The quantitative estimate of drug-likeness (QED) is 0.785. The Morgan fingerprint density at radius 1 is 1.18 bits per heavy atom. The van der Waals surface area contributed by atoms with Crippen LogP contribution in [-0.4, -0.2) is 21.7 Å². The number of hydrogen-bond donors (Lipinski definition) is 1. The average Bonchev–Trinajstić information content (AvgIpc) is 2.29. The van der Waals surface area contributed by atoms with Gasteiger partial charge in [0.2, 0.25) is 10.0 Å². The van der Waals surface area contributed by atoms with Gasteiger partial charge in [-0.05, 0) is 41.8 Å². The third-order valence-electron chi connectivity index (χ3n) is 2.43. The van der Waals surface area contributed by atoms with Gasteiger partial charge in [0.1, 0.15) is 0 Å². The Kier molecular flexibility index (Phi) is 3.21. The Labute approximate surface area is 99.8 Å². The minimum Gasteiger partial charge on any atom is -0.265 e. The molecule has 1 aliphatic heterocycles. The molecule has 0 fully saturated rings. The van der Waals surface area contributed by atoms with E-state index in [-0.39, 0.29) is 4.90 Å². The molecule has 2 rings (SSSR count). The summed E-state index contributed by atoms with van der Waals surface area (Å²) in [7, 11) is -2.00. The van der Waals surface area contributed by atoms with Crippen molar-refractivity contribution in [3.63, 3.8) is 0 Å². The summed E-state index contributed by atoms with van der Waals surface area (Å²) < 4.78 is 25.6. The summed E-state index contributed by atoms with van der Waals surface area (Å²) in [6.45, 7) is 0. The first-order valence-corrected chi connectivity index (χ1v) is 6.56. The second-order valence-corrected chi connectivity index (χ2v) is 5.36. The highest BCUT2D eigenvalue weighted by atomic mass is 32.2. The number of nitrogens with zero attached hydrogens (tertiary/aromatic N) is 1. The molecular weight excluding hydrogens is 236 g/mol. The van der Waals surface area contributed by atoms with E-state index >= 15 is 0 Å². The van der Waals surface area contributed by atoms with Gasteiger partial charge in [-0.2, -0.15) is 0 Å². The first kappa shape index (κ1) is 11.8. The molecule has 5 heteroatoms. The van der Waals surface area contributed by atoms with Crippen LogP contribution in [0.15, 0.2) is 40.4 Å². The lowest BCUT2D eigenvalue weighted by Crippen LogP contribution is -2.28. The lowest BCUT2D eigenvalue weighted by atomic mass is 10.2. The molecule has 0 atom stereocenters. The summed E-state index contributed by atoms with van der Waals surface area (Å²) in [4.78, 5) is 4.25. The molecule has 1 aromatic rings. The van der Waals surface area contributed by atoms with Crippen molar-refractivity contribution in [1.29, 1.82) is 0 Å². The van der Waals surface area contributed by atoms with Crippen molar-refractivity contribution in [2.45, 2.75) is 4.90 Å². The van der Waals surface area contributed by atoms with E-state index in [2.05, 4.69) is 9.71 Å². The largest absolute Gasteiger partial charge is 0.265 e. The van der Waals surface area contributed by atoms with E-state index in [1.165, 1.54) is 7.05 Å². The first-order valence-electron chi connectivity index (χ1n) is 5.07. The van der Waals surface area contributed by atoms with Gasteiger partial charge in [-0.25, -0.2) is 13.1 Å². The fraction of sp³-hybridized carbons (Fsp3) is 0.0833. The zero-order valence-corrected chi connectivity index (χ0v) is 10.1. The van der Waals surface area contributed by atoms with E-state index in [4.69, 9.17) is 0 Å². The number of fused-ring (bicyclic) bond motifs is 1. The van der Waals surface area contributed by atoms with Crippen molar-refractivity contribution in [2.24, 2.45) is 4.99 Å². The van der Waals surface area contributed by atoms with E-state index in [0.29, 0.717) is 0 Å². The third kappa shape index (κ3) is 2.51. The van der Waals surface area contributed by atoms with Gasteiger partial charge in [0.25, 0.3) is 0 Å². The Bertz CT molecular complexity index is 701. The maximum absolute atomic E-state index is 11.7. The van der Waals surface area contributed by atoms with E-state index in [1.807, 2.05) is 12.2 Å². The molecule has 17 heavy (non-hydrogen) atoms. The summed E-state index contributed by atoms with van der Waals surface area (Å²) in [6.07, 6.45) is 8.77. The normalized spacial score (nSPS) is 14.2. The van der Waals surface area contributed by atoms with Crippen molar-refractivity contribution < 1.29 is 8.42 Å². The highest BCUT2D eigenvalue weighted by Crippen LogP contribution is 2.02. The molecule has 0 aliphatic carbocycles. The van der Waals surface area contributed by atoms with Crippen molar-refractivity contribution in [2.75, 3.05) is 7.05 Å². The van der Waals surface area contributed by atoms with Crippen LogP contribution in [0.4, 0.5) is 0 Å². The van der Waals surface area contributed by atoms with E-state index in [9.17, 15) is 8.42 Å². The fourth-order valence-corrected chi connectivity index (χ4v) is 2.27. The topological polar surface area (TPSA) is 58.5 Å². The van der Waals surface area contributed by atoms with Crippen LogP contribution in [0.3, 0.4) is 0 Å². The molecule has 0 saturated carbocycles. The molecule has 0 bridgehead atoms. The Balaban J connectivity index is 2.71. The third-order valence-corrected chi connectivity index (χ3v) is 3.84. The van der Waals surface area contributed by atoms with Gasteiger partial charge in [-0.15, -0.1) is 0 Å². The molecule has 0 spiro atoms. The number of allylic oxidation sites excluding steroid dienone is 1. The minimum absolute atomic E-state index is 0.259. The number of nitrogens with one attached hydrogen (secondary N) is 1. The summed E-state index contributed by atoms with van der Waals surface area (Å²) in [5, 5.41) is 1.79. The van der Waals surface area contributed by atoms with Gasteiger partial charge in [0.05, 0.1) is 4.90 Å². The van der Waals surface area contributed by atoms with E-state index in [0.717, 1.165) is 10.4 Å². The molecule has 1 aromatic carbocycles. The minimum atomic E-state index is -3.39. The monoisotopic (exact) mass is 248 g/mol. The van der Waals surface area contributed by atoms with Crippen molar-refractivity contribution >= 4 is 28.4 Å². The van der Waals surface area contributed by atoms with Crippen molar-refractivity contribution in [1.82, 2.24) is 4.72 Å². The maximum atomic E-state index is 11.7. The number of aliphatic imine (C=N–C) groups is 1. The predicted octanol–water partition coefficient (Wildman–Crippen LogP) is -0.246. The van der Waals surface area contributed by atoms with Gasteiger partial charge < -0.3 is 0 Å². The zero-order valence-electron chi connectivity index (χ0n) is 9.29. The van der Waals surface area contributed by atoms with Gasteiger partial charge in [-0.3, -0.25) is 4.99 Å². The van der Waals surface area contributed by atoms with Gasteiger partial charge in [0.15, 0.2) is 0 Å². The summed E-state index contributed by atoms with van der Waals surface area (Å²) in [5.74, 6) is 0. The predicted molar refractivity (Wildman–Crippen MR) is 68.5 cm³/mol. The highest BCUT2D eigenvalue weighted by Gasteiger charge is 2.10. The fourth-order valence-electron chi connectivity index (χ4n) is 1.50. The second kappa shape index (κ2) is 4.65. The molecular formula is C12H12N2O2S. The molecule has 1 aliphatic rings. The van der Waals surface area contributed by atoms with Crippen molar-refractivity contribution in [3.8, 4) is 0 Å². The second-order valence-electron chi connectivity index (χ2n) is 3.47. The molecule has 0 aromatic heterocycles. The van der Waals surface area contributed by atoms with Crippen LogP contribution in [0.25, 0.3) is 12.2 Å². The van der Waals surface area contributed by atoms with E-state index < -0.39 is 10.0 Å². The molecule has 4 nitrogen and oxygen atoms in total. The maximum Gasteiger partial charge on any atom is 0.240 e. The van der Waals surface area contributed by atoms with Gasteiger partial charge in [-0.1, -0.05) is 12.1 Å². The SMILES string of the molecule is CNS(=O)(=O)c1ccc2c(c1)=CC=CN=CC=2. The van der Waals surface area contributed by atoms with E-state index in [1.54, 1.807) is 36.7 Å². The standard InChI is InChI=1S/C12H12N2O2S/c1-13-17(15,16)12-5-4-10-6-8-14-7-2-3-11(10)9-12/h2-9,13H,1H3. The van der Waals surface area contributed by atoms with Crippen LogP contribution < -0.4 is 15.2 Å². The molecule has 0 radical (unpaired) electrons. The van der Waals surface area contributed by atoms with Crippen LogP contribution in [-0.2, 0) is 10.0 Å². The number of benzene rings is 1. The Morgan fingerprint density at radius 3 is 2.76 bits per heavy atom. The summed E-state index contributed by atoms with van der Waals surface area (Å²) in [6, 6.07) is 4.98. The Hall–Kier alpha value is -1.72. The summed E-state index contributed by atoms with van der Waals surface area (Å²) >= 11 is 0. The number of rotatable bonds is 2. The molecule has 88 valence electrons. The Morgan fingerprint density at radius 2 is 2.00 bits per heavy atom. The van der Waals surface area contributed by atoms with Crippen LogP contribution in [0, 0.1) is 0 Å². The zero-order chi connectivity index (χ0) is 12.3. The lowest BCUT2D eigenvalue weighted by Gasteiger charge is -2.02. The van der Waals surface area contributed by atoms with Crippen LogP contribution in [0.1, 0.15) is 0 Å². The summed E-state index contributed by atoms with van der Waals surface area (Å²) in [5.41, 5.74) is 0. The first-order chi connectivity index (χ1) is 8.13.